The number of hydrogen-bond acceptors (Lipinski definition) is 18. The Morgan fingerprint density at radius 1 is 0.667 bits per heavy atom. The van der Waals surface area contributed by atoms with Gasteiger partial charge in [0.1, 0.15) is 42.7 Å². The molecule has 4 aliphatic heterocycles. The minimum Gasteiger partial charge on any atom is -0.457 e. The molecule has 5 saturated carbocycles. The largest absolute Gasteiger partial charge is 0.457 e. The highest BCUT2D eigenvalue weighted by Gasteiger charge is 2.85. The van der Waals surface area contributed by atoms with Crippen molar-refractivity contribution in [2.75, 3.05) is 13.2 Å². The van der Waals surface area contributed by atoms with Gasteiger partial charge in [0.05, 0.1) is 54.9 Å². The van der Waals surface area contributed by atoms with E-state index in [-0.39, 0.29) is 58.7 Å². The lowest BCUT2D eigenvalue weighted by Gasteiger charge is -2.65. The zero-order chi connectivity index (χ0) is 48.1. The molecule has 0 radical (unpaired) electrons. The predicted octanol–water partition coefficient (Wildman–Crippen LogP) is 0.786. The first-order chi connectivity index (χ1) is 30.7. The van der Waals surface area contributed by atoms with E-state index in [0.29, 0.717) is 25.7 Å². The summed E-state index contributed by atoms with van der Waals surface area (Å²) in [6.45, 7) is 16.8. The van der Waals surface area contributed by atoms with Gasteiger partial charge in [-0.2, -0.15) is 0 Å². The van der Waals surface area contributed by atoms with Crippen molar-refractivity contribution in [3.8, 4) is 0 Å². The van der Waals surface area contributed by atoms with Gasteiger partial charge in [0.15, 0.2) is 31.1 Å². The van der Waals surface area contributed by atoms with E-state index >= 15 is 0 Å². The van der Waals surface area contributed by atoms with Crippen LogP contribution in [-0.4, -0.2) is 181 Å². The van der Waals surface area contributed by atoms with Crippen LogP contribution in [0.1, 0.15) is 120 Å². The molecule has 25 atom stereocenters. The van der Waals surface area contributed by atoms with E-state index in [1.165, 1.54) is 13.8 Å². The molecule has 9 aliphatic rings. The fourth-order valence-electron chi connectivity index (χ4n) is 16.3. The van der Waals surface area contributed by atoms with Crippen molar-refractivity contribution in [1.29, 1.82) is 0 Å². The highest BCUT2D eigenvalue weighted by Crippen LogP contribution is 2.89. The standard InChI is InChI=1S/C48H78O18/c1-21-30(53)32(55)34(57)40(61-21)65-36-35(62-22(2)49)25(52)19-60-41(36)64-28-11-13-48-20-47(48)15-14-44(7)37(46(9)12-10-29(66-46)43(5,6)58)23(50)17-45(44,8)27(47)16-26(38(48)42(28,3)4)63-39-33(56)31(54)24(51)18-59-39/h21,23-41,50-58H,10-20H2,1-9H3/t21-,23-,24-,25-,26+,27+,28+,29+,30+,31+,32+,33+,34+,35+,36+,37-,38+,39+,40+,41+,44-,45+,46-,47+,48-/m1/s1. The lowest BCUT2D eigenvalue weighted by Crippen LogP contribution is -2.65. The van der Waals surface area contributed by atoms with Crippen molar-refractivity contribution in [3.63, 3.8) is 0 Å². The summed E-state index contributed by atoms with van der Waals surface area (Å²) < 4.78 is 50.5. The number of hydrogen-bond donors (Lipinski definition) is 9. The fraction of sp³-hybridized carbons (Fsp3) is 0.979. The Morgan fingerprint density at radius 2 is 1.33 bits per heavy atom. The third-order valence-corrected chi connectivity index (χ3v) is 19.6. The first-order valence-electron chi connectivity index (χ1n) is 24.5. The average molecular weight is 943 g/mol. The van der Waals surface area contributed by atoms with Gasteiger partial charge in [-0.05, 0) is 124 Å². The normalized spacial score (nSPS) is 56.7. The van der Waals surface area contributed by atoms with Crippen molar-refractivity contribution in [2.24, 2.45) is 44.8 Å². The van der Waals surface area contributed by atoms with Crippen molar-refractivity contribution in [3.05, 3.63) is 0 Å². The Balaban J connectivity index is 1.04. The summed E-state index contributed by atoms with van der Waals surface area (Å²) >= 11 is 0. The lowest BCUT2D eigenvalue weighted by atomic mass is 9.41. The first-order valence-corrected chi connectivity index (χ1v) is 24.5. The molecular formula is C48H78O18. The number of rotatable bonds is 9. The van der Waals surface area contributed by atoms with Gasteiger partial charge in [0.25, 0.3) is 0 Å². The van der Waals surface area contributed by atoms with Crippen molar-refractivity contribution >= 4 is 5.97 Å². The topological polar surface area (TPSA) is 273 Å². The minimum absolute atomic E-state index is 0.0767. The van der Waals surface area contributed by atoms with Crippen molar-refractivity contribution in [2.45, 2.75) is 236 Å². The number of esters is 1. The molecule has 9 rings (SSSR count). The van der Waals surface area contributed by atoms with E-state index in [1.54, 1.807) is 13.8 Å². The SMILES string of the molecule is CC(=O)O[C@@H]1[C@H](O[C@@H]2O[C@H](C)[C@H](O)[C@H](O)[C@@H]2O)[C@H](O[C@H]2CC[C@]34C[C@]35CC[C@]3(C)[C@H]([C@@]6(C)CC[C@@H](C(C)(C)O)O6)[C@H](O)C[C@@]3(C)[C@@H]5C[C@H](O[C@@H]3OC[C@@H](O)[C@H](O)[C@@H]3O)[C@H]4C2(C)C)OC[C@H]1O. The zero-order valence-electron chi connectivity index (χ0n) is 40.0. The smallest absolute Gasteiger partial charge is 0.303 e. The van der Waals surface area contributed by atoms with E-state index < -0.39 is 121 Å². The summed E-state index contributed by atoms with van der Waals surface area (Å²) in [5.41, 5.74) is -3.49. The van der Waals surface area contributed by atoms with E-state index in [9.17, 15) is 50.8 Å². The predicted molar refractivity (Wildman–Crippen MR) is 229 cm³/mol. The van der Waals surface area contributed by atoms with Crippen molar-refractivity contribution < 1.29 is 88.6 Å². The van der Waals surface area contributed by atoms with Crippen LogP contribution in [0.15, 0.2) is 0 Å². The van der Waals surface area contributed by atoms with Crippen LogP contribution in [-0.2, 0) is 42.7 Å². The fourth-order valence-corrected chi connectivity index (χ4v) is 16.3. The van der Waals surface area contributed by atoms with Gasteiger partial charge in [-0.15, -0.1) is 0 Å². The quantitative estimate of drug-likeness (QED) is 0.114. The second kappa shape index (κ2) is 16.7. The van der Waals surface area contributed by atoms with Crippen LogP contribution in [0, 0.1) is 44.8 Å². The minimum atomic E-state index is -1.70. The van der Waals surface area contributed by atoms with Crippen molar-refractivity contribution in [1.82, 2.24) is 0 Å². The average Bonchev–Trinajstić information content (AvgIpc) is 3.59. The van der Waals surface area contributed by atoms with Crippen LogP contribution < -0.4 is 0 Å². The third-order valence-electron chi connectivity index (χ3n) is 19.6. The van der Waals surface area contributed by atoms with E-state index in [2.05, 4.69) is 34.6 Å². The summed E-state index contributed by atoms with van der Waals surface area (Å²) in [5.74, 6) is -1.03. The summed E-state index contributed by atoms with van der Waals surface area (Å²) in [5, 5.41) is 99.0. The zero-order valence-corrected chi connectivity index (χ0v) is 40.0. The second-order valence-electron chi connectivity index (χ2n) is 24.0. The number of fused-ring (bicyclic) bond motifs is 2. The molecule has 0 aromatic carbocycles. The number of carbonyl (C=O) groups excluding carboxylic acids is 1. The summed E-state index contributed by atoms with van der Waals surface area (Å²) in [4.78, 5) is 12.4. The molecule has 0 aromatic rings. The van der Waals surface area contributed by atoms with Crippen LogP contribution in [0.4, 0.5) is 0 Å². The molecule has 378 valence electrons. The number of aliphatic hydroxyl groups excluding tert-OH is 8. The molecule has 18 nitrogen and oxygen atoms in total. The van der Waals surface area contributed by atoms with Gasteiger partial charge in [0.2, 0.25) is 0 Å². The Bertz CT molecular complexity index is 1810. The van der Waals surface area contributed by atoms with Crippen LogP contribution in [0.25, 0.3) is 0 Å². The molecule has 9 fully saturated rings. The van der Waals surface area contributed by atoms with E-state index in [4.69, 9.17) is 37.9 Å². The van der Waals surface area contributed by atoms with Gasteiger partial charge in [-0.3, -0.25) is 4.79 Å². The van der Waals surface area contributed by atoms with Crippen LogP contribution >= 0.6 is 0 Å². The van der Waals surface area contributed by atoms with Gasteiger partial charge in [-0.25, -0.2) is 0 Å². The molecule has 4 heterocycles. The molecule has 5 aliphatic carbocycles. The molecule has 18 heteroatoms. The van der Waals surface area contributed by atoms with Gasteiger partial charge >= 0.3 is 5.97 Å². The van der Waals surface area contributed by atoms with Gasteiger partial charge in [-0.1, -0.05) is 27.7 Å². The Labute approximate surface area is 387 Å². The monoisotopic (exact) mass is 943 g/mol. The molecule has 66 heavy (non-hydrogen) atoms. The summed E-state index contributed by atoms with van der Waals surface area (Å²) in [7, 11) is 0. The molecule has 2 spiro atoms. The maximum atomic E-state index is 12.4. The van der Waals surface area contributed by atoms with E-state index in [1.807, 2.05) is 0 Å². The highest BCUT2D eigenvalue weighted by molar-refractivity contribution is 5.66. The van der Waals surface area contributed by atoms with Crippen LogP contribution in [0.5, 0.6) is 0 Å². The molecule has 0 aromatic heterocycles. The summed E-state index contributed by atoms with van der Waals surface area (Å²) in [6, 6.07) is 0. The van der Waals surface area contributed by atoms with Gasteiger partial charge in [0, 0.05) is 12.8 Å². The Hall–Kier alpha value is -1.17. The maximum absolute atomic E-state index is 12.4. The third kappa shape index (κ3) is 7.43. The molecule has 9 N–H and O–H groups in total. The first kappa shape index (κ1) is 49.8. The molecule has 0 bridgehead atoms. The molecular weight excluding hydrogens is 865 g/mol. The maximum Gasteiger partial charge on any atom is 0.303 e. The van der Waals surface area contributed by atoms with Crippen LogP contribution in [0.2, 0.25) is 0 Å². The summed E-state index contributed by atoms with van der Waals surface area (Å²) in [6.07, 6.45) is -13.6. The Kier molecular flexibility index (Phi) is 12.6. The number of carbonyl (C=O) groups is 1. The highest BCUT2D eigenvalue weighted by atomic mass is 16.8. The number of ether oxygens (including phenoxy) is 8. The second-order valence-corrected chi connectivity index (χ2v) is 24.0. The Morgan fingerprint density at radius 3 is 2.00 bits per heavy atom. The number of aliphatic hydroxyl groups is 9. The molecule has 0 unspecified atom stereocenters. The van der Waals surface area contributed by atoms with E-state index in [0.717, 1.165) is 32.1 Å². The van der Waals surface area contributed by atoms with Gasteiger partial charge < -0.3 is 83.9 Å². The molecule has 4 saturated heterocycles. The molecule has 0 amide bonds. The lowest BCUT2D eigenvalue weighted by molar-refractivity contribution is -0.366. The van der Waals surface area contributed by atoms with Crippen LogP contribution in [0.3, 0.4) is 0 Å².